The number of carbonyl (C=O) groups excluding carboxylic acids is 4. The normalized spacial score (nSPS) is 21.8. The van der Waals surface area contributed by atoms with Gasteiger partial charge in [0.15, 0.2) is 56.4 Å². The summed E-state index contributed by atoms with van der Waals surface area (Å²) in [4.78, 5) is 52.0. The van der Waals surface area contributed by atoms with Gasteiger partial charge in [-0.1, -0.05) is 171 Å². The molecule has 81 heavy (non-hydrogen) atoms. The van der Waals surface area contributed by atoms with E-state index in [0.29, 0.717) is 5.57 Å². The van der Waals surface area contributed by atoms with Crippen LogP contribution in [0.25, 0.3) is 12.2 Å². The summed E-state index contributed by atoms with van der Waals surface area (Å²) in [5.41, 5.74) is 5.08. The molecule has 0 N–H and O–H groups in total. The number of hydrogen-bond acceptors (Lipinski definition) is 9. The maximum Gasteiger partial charge on any atom is 0.193 e. The van der Waals surface area contributed by atoms with Gasteiger partial charge >= 0.3 is 0 Å². The molecule has 0 fully saturated rings. The number of nitrogens with zero attached hydrogens (tertiary/aromatic N) is 1. The van der Waals surface area contributed by atoms with E-state index in [2.05, 4.69) is 153 Å². The first-order chi connectivity index (χ1) is 37.3. The van der Waals surface area contributed by atoms with Crippen molar-refractivity contribution in [2.75, 3.05) is 0 Å². The molecule has 4 aliphatic carbocycles. The molecule has 13 heteroatoms. The van der Waals surface area contributed by atoms with Crippen molar-refractivity contribution in [1.82, 2.24) is 4.98 Å². The summed E-state index contributed by atoms with van der Waals surface area (Å²) < 4.78 is 25.4. The van der Waals surface area contributed by atoms with Crippen molar-refractivity contribution in [3.05, 3.63) is 149 Å². The topological polar surface area (TPSA) is 118 Å². The van der Waals surface area contributed by atoms with Crippen LogP contribution in [-0.2, 0) is 36.9 Å². The van der Waals surface area contributed by atoms with Crippen LogP contribution >= 0.6 is 0 Å². The Morgan fingerprint density at radius 3 is 1.11 bits per heavy atom. The lowest BCUT2D eigenvalue weighted by Crippen LogP contribution is -2.43. The van der Waals surface area contributed by atoms with Gasteiger partial charge in [-0.2, -0.15) is 0 Å². The number of hydrogen-bond donors (Lipinski definition) is 0. The Morgan fingerprint density at radius 1 is 0.432 bits per heavy atom. The van der Waals surface area contributed by atoms with Crippen molar-refractivity contribution >= 4 is 68.6 Å². The van der Waals surface area contributed by atoms with E-state index in [1.165, 1.54) is 32.1 Å². The summed E-state index contributed by atoms with van der Waals surface area (Å²) in [5, 5.41) is 0.581. The Labute approximate surface area is 495 Å². The lowest BCUT2D eigenvalue weighted by atomic mass is 10.1. The SMILES string of the molecule is CC(C)(C)[Si](C)(C)OC1C=CC(=O)C1=Cc1ccccc1.CC(C)(C)[Si](C)(C)OC1C=CC(=O)C1=Cc1cccnc1.CCC=C1C(=O)C=CC1O[Si](C)(C)C(C)(C)C.CCCCCCCC=C1C(=O)C=CC1O[Si](C)(C)C(C)(C)C. The fourth-order valence-corrected chi connectivity index (χ4v) is 12.6. The lowest BCUT2D eigenvalue weighted by Gasteiger charge is -2.38. The number of allylic oxidation sites excluding steroid dienone is 6. The van der Waals surface area contributed by atoms with E-state index in [1.807, 2.05) is 91.9 Å². The summed E-state index contributed by atoms with van der Waals surface area (Å²) in [6, 6.07) is 13.7. The number of pyridine rings is 1. The molecule has 1 heterocycles. The van der Waals surface area contributed by atoms with Gasteiger partial charge in [-0.25, -0.2) is 0 Å². The first-order valence-corrected chi connectivity index (χ1v) is 41.3. The molecule has 0 amide bonds. The number of ketones is 4. The maximum atomic E-state index is 12.1. The summed E-state index contributed by atoms with van der Waals surface area (Å²) in [6.07, 6.45) is 33.0. The number of rotatable bonds is 17. The summed E-state index contributed by atoms with van der Waals surface area (Å²) in [7, 11) is -7.49. The van der Waals surface area contributed by atoms with Gasteiger partial charge in [0.2, 0.25) is 0 Å². The van der Waals surface area contributed by atoms with Gasteiger partial charge in [-0.05, 0) is 170 Å². The minimum absolute atomic E-state index is 0.0302. The fraction of sp³-hybridized carbons (Fsp3) is 0.544. The minimum Gasteiger partial charge on any atom is -0.406 e. The second kappa shape index (κ2) is 30.0. The van der Waals surface area contributed by atoms with Crippen LogP contribution in [0.15, 0.2) is 138 Å². The lowest BCUT2D eigenvalue weighted by molar-refractivity contribution is -0.112. The van der Waals surface area contributed by atoms with Gasteiger partial charge in [0.1, 0.15) is 0 Å². The third kappa shape index (κ3) is 21.4. The van der Waals surface area contributed by atoms with Crippen LogP contribution in [0.2, 0.25) is 72.5 Å². The van der Waals surface area contributed by atoms with Crippen LogP contribution in [0.1, 0.15) is 153 Å². The van der Waals surface area contributed by atoms with E-state index < -0.39 is 33.3 Å². The highest BCUT2D eigenvalue weighted by Crippen LogP contribution is 2.42. The van der Waals surface area contributed by atoms with Crippen molar-refractivity contribution in [3.63, 3.8) is 0 Å². The predicted octanol–water partition coefficient (Wildman–Crippen LogP) is 18.2. The summed E-state index contributed by atoms with van der Waals surface area (Å²) in [5.74, 6) is 0.331. The molecular formula is C68H105NO8Si4. The van der Waals surface area contributed by atoms with Crippen LogP contribution in [0.5, 0.6) is 0 Å². The first-order valence-electron chi connectivity index (χ1n) is 29.7. The average molecular weight is 1180 g/mol. The van der Waals surface area contributed by atoms with Gasteiger partial charge in [0.25, 0.3) is 0 Å². The second-order valence-corrected chi connectivity index (χ2v) is 46.9. The van der Waals surface area contributed by atoms with Crippen LogP contribution in [0.4, 0.5) is 0 Å². The minimum atomic E-state index is -1.92. The molecule has 0 radical (unpaired) electrons. The van der Waals surface area contributed by atoms with E-state index in [0.717, 1.165) is 40.7 Å². The Bertz CT molecular complexity index is 2570. The molecular weight excluding hydrogens is 1070 g/mol. The van der Waals surface area contributed by atoms with Crippen molar-refractivity contribution in [2.24, 2.45) is 0 Å². The second-order valence-electron chi connectivity index (χ2n) is 27.9. The molecule has 1 aromatic carbocycles. The third-order valence-electron chi connectivity index (χ3n) is 17.2. The molecule has 9 nitrogen and oxygen atoms in total. The molecule has 2 aromatic rings. The number of carbonyl (C=O) groups is 4. The molecule has 6 rings (SSSR count). The average Bonchev–Trinajstić information content (AvgIpc) is 4.11. The van der Waals surface area contributed by atoms with Gasteiger partial charge in [0.05, 0.1) is 24.4 Å². The Morgan fingerprint density at radius 2 is 0.765 bits per heavy atom. The highest BCUT2D eigenvalue weighted by atomic mass is 28.4. The van der Waals surface area contributed by atoms with Crippen molar-refractivity contribution in [3.8, 4) is 0 Å². The largest absolute Gasteiger partial charge is 0.406 e. The molecule has 0 spiro atoms. The van der Waals surface area contributed by atoms with E-state index in [-0.39, 0.29) is 67.7 Å². The quantitative estimate of drug-likeness (QED) is 0.0867. The molecule has 4 aliphatic rings. The molecule has 4 atom stereocenters. The zero-order valence-corrected chi connectivity index (χ0v) is 58.1. The summed E-state index contributed by atoms with van der Waals surface area (Å²) >= 11 is 0. The molecule has 1 aromatic heterocycles. The van der Waals surface area contributed by atoms with E-state index in [1.54, 1.807) is 36.7 Å². The van der Waals surface area contributed by atoms with Gasteiger partial charge < -0.3 is 17.7 Å². The Kier molecular flexibility index (Phi) is 26.2. The van der Waals surface area contributed by atoms with Crippen molar-refractivity contribution in [1.29, 1.82) is 0 Å². The van der Waals surface area contributed by atoms with Crippen LogP contribution in [-0.4, -0.2) is 85.8 Å². The molecule has 0 bridgehead atoms. The predicted molar refractivity (Wildman–Crippen MR) is 351 cm³/mol. The zero-order valence-electron chi connectivity index (χ0n) is 54.1. The van der Waals surface area contributed by atoms with Gasteiger partial charge in [0, 0.05) is 34.7 Å². The monoisotopic (exact) mass is 1180 g/mol. The summed E-state index contributed by atoms with van der Waals surface area (Å²) in [6.45, 7) is 48.6. The Hall–Kier alpha value is -4.32. The highest BCUT2D eigenvalue weighted by molar-refractivity contribution is 6.75. The van der Waals surface area contributed by atoms with Crippen LogP contribution in [0.3, 0.4) is 0 Å². The number of unbranched alkanes of at least 4 members (excludes halogenated alkanes) is 5. The Balaban J connectivity index is 0.000000285. The third-order valence-corrected chi connectivity index (χ3v) is 35.0. The smallest absolute Gasteiger partial charge is 0.193 e. The van der Waals surface area contributed by atoms with Gasteiger partial charge in [-0.15, -0.1) is 0 Å². The van der Waals surface area contributed by atoms with E-state index in [4.69, 9.17) is 17.7 Å². The number of aromatic nitrogens is 1. The zero-order chi connectivity index (χ0) is 61.4. The van der Waals surface area contributed by atoms with E-state index in [9.17, 15) is 19.2 Å². The maximum absolute atomic E-state index is 12.1. The molecule has 0 saturated heterocycles. The molecule has 0 aliphatic heterocycles. The number of benzene rings is 1. The van der Waals surface area contributed by atoms with Crippen molar-refractivity contribution < 1.29 is 36.9 Å². The molecule has 0 saturated carbocycles. The van der Waals surface area contributed by atoms with E-state index >= 15 is 0 Å². The van der Waals surface area contributed by atoms with Crippen LogP contribution < -0.4 is 0 Å². The first kappa shape index (κ1) is 70.9. The standard InChI is InChI=1S/C19H34O2Si.C18H24O2Si.C17H23NO2Si.C14H24O2Si/c1-7-8-9-10-11-12-13-16-17(20)14-15-18(16)21-22(5,6)19(2,3)4;1-18(2,3)21(4,5)20-17-12-11-16(19)15(17)13-14-9-7-6-8-10-14;1-17(2,3)21(4,5)20-16-9-8-15(19)14(16)11-13-7-6-10-18-12-13;1-7-8-11-12(15)9-10-13(11)16-17(5,6)14(2,3)4/h13-15,18H,7-12H2,1-6H3;6-13,17H,1-5H3;6-12,16H,1-5H3;8-10,13H,7H2,1-6H3. The van der Waals surface area contributed by atoms with Gasteiger partial charge in [-0.3, -0.25) is 24.2 Å². The molecule has 446 valence electrons. The van der Waals surface area contributed by atoms with Crippen LogP contribution in [0, 0.1) is 0 Å². The van der Waals surface area contributed by atoms with Crippen molar-refractivity contribution in [2.45, 2.75) is 239 Å². The fourth-order valence-electron chi connectivity index (χ4n) is 7.78. The molecule has 4 unspecified atom stereocenters. The highest BCUT2D eigenvalue weighted by Gasteiger charge is 2.44.